The number of allylic oxidation sites excluding steroid dienone is 2. The molecule has 59 heavy (non-hydrogen) atoms. The molecule has 0 rings (SSSR count). The maximum Gasteiger partial charge on any atom is 0.306 e. The number of hydrogen-bond acceptors (Lipinski definition) is 6. The summed E-state index contributed by atoms with van der Waals surface area (Å²) in [5, 5.41) is 0. The second-order valence-electron chi connectivity index (χ2n) is 17.8. The molecule has 0 spiro atoms. The lowest BCUT2D eigenvalue weighted by Crippen LogP contribution is -2.30. The van der Waals surface area contributed by atoms with Gasteiger partial charge < -0.3 is 14.2 Å². The van der Waals surface area contributed by atoms with Gasteiger partial charge >= 0.3 is 17.9 Å². The fraction of sp³-hybridized carbons (Fsp3) is 0.906. The number of rotatable bonds is 48. The van der Waals surface area contributed by atoms with Crippen LogP contribution >= 0.6 is 0 Å². The molecule has 0 saturated carbocycles. The van der Waals surface area contributed by atoms with Gasteiger partial charge in [-0.05, 0) is 44.9 Å². The van der Waals surface area contributed by atoms with Gasteiger partial charge in [-0.1, -0.05) is 238 Å². The van der Waals surface area contributed by atoms with Crippen molar-refractivity contribution in [2.45, 2.75) is 297 Å². The Kier molecular flexibility index (Phi) is 47.3. The maximum absolute atomic E-state index is 12.8. The predicted octanol–water partition coefficient (Wildman–Crippen LogP) is 17.0. The summed E-state index contributed by atoms with van der Waals surface area (Å²) >= 11 is 0. The van der Waals surface area contributed by atoms with E-state index in [1.165, 1.54) is 193 Å². The Hall–Kier alpha value is -1.85. The highest BCUT2D eigenvalue weighted by atomic mass is 16.6. The number of carbonyl (C=O) groups is 3. The van der Waals surface area contributed by atoms with Gasteiger partial charge in [-0.15, -0.1) is 0 Å². The molecule has 1 atom stereocenters. The highest BCUT2D eigenvalue weighted by molar-refractivity contribution is 5.71. The van der Waals surface area contributed by atoms with Crippen LogP contribution in [0.3, 0.4) is 0 Å². The van der Waals surface area contributed by atoms with Crippen molar-refractivity contribution in [3.63, 3.8) is 0 Å². The van der Waals surface area contributed by atoms with E-state index in [-0.39, 0.29) is 31.1 Å². The maximum atomic E-state index is 12.8. The molecule has 0 aliphatic heterocycles. The molecular formula is C53H100O6. The van der Waals surface area contributed by atoms with E-state index in [0.29, 0.717) is 19.3 Å². The van der Waals surface area contributed by atoms with E-state index < -0.39 is 6.10 Å². The third-order valence-corrected chi connectivity index (χ3v) is 11.8. The topological polar surface area (TPSA) is 78.9 Å². The molecule has 0 aromatic rings. The van der Waals surface area contributed by atoms with Crippen LogP contribution in [-0.4, -0.2) is 37.2 Å². The van der Waals surface area contributed by atoms with Crippen LogP contribution in [0.2, 0.25) is 0 Å². The van der Waals surface area contributed by atoms with Crippen molar-refractivity contribution in [3.05, 3.63) is 12.2 Å². The minimum atomic E-state index is -0.764. The van der Waals surface area contributed by atoms with Gasteiger partial charge in [0.1, 0.15) is 13.2 Å². The zero-order valence-electron chi connectivity index (χ0n) is 39.8. The molecule has 0 radical (unpaired) electrons. The van der Waals surface area contributed by atoms with E-state index in [4.69, 9.17) is 14.2 Å². The molecule has 6 nitrogen and oxygen atoms in total. The van der Waals surface area contributed by atoms with Crippen molar-refractivity contribution >= 4 is 17.9 Å². The Morgan fingerprint density at radius 2 is 0.559 bits per heavy atom. The van der Waals surface area contributed by atoms with Crippen molar-refractivity contribution in [3.8, 4) is 0 Å². The van der Waals surface area contributed by atoms with E-state index in [2.05, 4.69) is 32.9 Å². The molecular weight excluding hydrogens is 733 g/mol. The van der Waals surface area contributed by atoms with Gasteiger partial charge in [0.2, 0.25) is 0 Å². The molecule has 0 aliphatic rings. The van der Waals surface area contributed by atoms with Crippen molar-refractivity contribution in [1.82, 2.24) is 0 Å². The molecule has 0 N–H and O–H groups in total. The first kappa shape index (κ1) is 57.1. The SMILES string of the molecule is CCCCCCCC/C=C\CCCCCCCCCC(=O)OC[C@@H](COC(=O)CCCCCCCCCCCCC)OC(=O)CCCCCCCCCCCCCCC. The lowest BCUT2D eigenvalue weighted by atomic mass is 10.0. The minimum absolute atomic E-state index is 0.0661. The van der Waals surface area contributed by atoms with E-state index in [0.717, 1.165) is 57.8 Å². The van der Waals surface area contributed by atoms with Crippen LogP contribution in [0.15, 0.2) is 12.2 Å². The quantitative estimate of drug-likeness (QED) is 0.0263. The lowest BCUT2D eigenvalue weighted by Gasteiger charge is -2.18. The summed E-state index contributed by atoms with van der Waals surface area (Å²) in [6.45, 7) is 6.66. The van der Waals surface area contributed by atoms with Crippen LogP contribution < -0.4 is 0 Å². The average Bonchev–Trinajstić information content (AvgIpc) is 3.23. The number of carbonyl (C=O) groups excluding carboxylic acids is 3. The van der Waals surface area contributed by atoms with Gasteiger partial charge in [-0.25, -0.2) is 0 Å². The monoisotopic (exact) mass is 833 g/mol. The van der Waals surface area contributed by atoms with Gasteiger partial charge in [-0.3, -0.25) is 14.4 Å². The molecule has 0 fully saturated rings. The number of esters is 3. The Balaban J connectivity index is 4.30. The van der Waals surface area contributed by atoms with Crippen LogP contribution in [0.1, 0.15) is 290 Å². The van der Waals surface area contributed by atoms with Crippen LogP contribution in [-0.2, 0) is 28.6 Å². The first-order valence-electron chi connectivity index (χ1n) is 26.2. The van der Waals surface area contributed by atoms with Crippen molar-refractivity contribution in [1.29, 1.82) is 0 Å². The highest BCUT2D eigenvalue weighted by Crippen LogP contribution is 2.16. The Morgan fingerprint density at radius 1 is 0.322 bits per heavy atom. The molecule has 0 aromatic carbocycles. The summed E-state index contributed by atoms with van der Waals surface area (Å²) in [5.74, 6) is -0.855. The number of hydrogen-bond donors (Lipinski definition) is 0. The van der Waals surface area contributed by atoms with E-state index >= 15 is 0 Å². The molecule has 0 saturated heterocycles. The van der Waals surface area contributed by atoms with E-state index in [1.807, 2.05) is 0 Å². The van der Waals surface area contributed by atoms with Crippen molar-refractivity contribution < 1.29 is 28.6 Å². The second-order valence-corrected chi connectivity index (χ2v) is 17.8. The van der Waals surface area contributed by atoms with Gasteiger partial charge in [0.15, 0.2) is 6.10 Å². The summed E-state index contributed by atoms with van der Waals surface area (Å²) in [6, 6.07) is 0. The predicted molar refractivity (Wildman–Crippen MR) is 252 cm³/mol. The molecule has 0 aromatic heterocycles. The van der Waals surface area contributed by atoms with Gasteiger partial charge in [0.25, 0.3) is 0 Å². The summed E-state index contributed by atoms with van der Waals surface area (Å²) in [6.07, 6.45) is 53.3. The first-order valence-corrected chi connectivity index (χ1v) is 26.2. The van der Waals surface area contributed by atoms with Crippen LogP contribution in [0.5, 0.6) is 0 Å². The minimum Gasteiger partial charge on any atom is -0.462 e. The zero-order valence-corrected chi connectivity index (χ0v) is 39.8. The smallest absolute Gasteiger partial charge is 0.306 e. The number of unbranched alkanes of at least 4 members (excludes halogenated alkanes) is 35. The van der Waals surface area contributed by atoms with Gasteiger partial charge in [0, 0.05) is 19.3 Å². The standard InChI is InChI=1S/C53H100O6/c1-4-7-10-13-16-19-22-24-25-26-27-29-31-34-37-40-43-46-52(55)58-49-50(48-57-51(54)45-42-39-36-33-30-21-18-15-12-9-6-3)59-53(56)47-44-41-38-35-32-28-23-20-17-14-11-8-5-2/h24-25,50H,4-23,26-49H2,1-3H3/b25-24-/t50-/m1/s1. The Bertz CT molecular complexity index is 916. The molecule has 0 aliphatic carbocycles. The van der Waals surface area contributed by atoms with E-state index in [1.54, 1.807) is 0 Å². The summed E-state index contributed by atoms with van der Waals surface area (Å²) in [4.78, 5) is 37.9. The number of ether oxygens (including phenoxy) is 3. The first-order chi connectivity index (χ1) is 29.0. The van der Waals surface area contributed by atoms with E-state index in [9.17, 15) is 14.4 Å². The fourth-order valence-corrected chi connectivity index (χ4v) is 7.79. The second kappa shape index (κ2) is 48.8. The summed E-state index contributed by atoms with van der Waals surface area (Å²) < 4.78 is 16.8. The average molecular weight is 833 g/mol. The van der Waals surface area contributed by atoms with Crippen molar-refractivity contribution in [2.75, 3.05) is 13.2 Å². The van der Waals surface area contributed by atoms with Crippen LogP contribution in [0.25, 0.3) is 0 Å². The van der Waals surface area contributed by atoms with Gasteiger partial charge in [-0.2, -0.15) is 0 Å². The molecule has 0 heterocycles. The van der Waals surface area contributed by atoms with Crippen LogP contribution in [0, 0.1) is 0 Å². The largest absolute Gasteiger partial charge is 0.462 e. The lowest BCUT2D eigenvalue weighted by molar-refractivity contribution is -0.167. The molecule has 6 heteroatoms. The Labute approximate surface area is 367 Å². The molecule has 0 unspecified atom stereocenters. The fourth-order valence-electron chi connectivity index (χ4n) is 7.79. The Morgan fingerprint density at radius 3 is 0.847 bits per heavy atom. The molecule has 0 amide bonds. The highest BCUT2D eigenvalue weighted by Gasteiger charge is 2.19. The third-order valence-electron chi connectivity index (χ3n) is 11.8. The van der Waals surface area contributed by atoms with Crippen molar-refractivity contribution in [2.24, 2.45) is 0 Å². The van der Waals surface area contributed by atoms with Gasteiger partial charge in [0.05, 0.1) is 0 Å². The normalized spacial score (nSPS) is 12.0. The van der Waals surface area contributed by atoms with Crippen LogP contribution in [0.4, 0.5) is 0 Å². The summed E-state index contributed by atoms with van der Waals surface area (Å²) in [5.41, 5.74) is 0. The summed E-state index contributed by atoms with van der Waals surface area (Å²) in [7, 11) is 0. The molecule has 348 valence electrons. The molecule has 0 bridgehead atoms. The zero-order chi connectivity index (χ0) is 43.0. The third kappa shape index (κ3) is 47.1.